The maximum atomic E-state index is 4.83. The molecule has 162 valence electrons. The van der Waals surface area contributed by atoms with Crippen LogP contribution in [0.4, 0.5) is 11.9 Å². The van der Waals surface area contributed by atoms with E-state index in [2.05, 4.69) is 45.1 Å². The molecule has 0 bridgehead atoms. The SMILES string of the molecule is CCCCSN(SCCCC)c1ncnc(N(SCCCC)SCCCC)n1. The minimum Gasteiger partial charge on any atom is -0.225 e. The molecule has 0 amide bonds. The monoisotopic (exact) mass is 463 g/mol. The zero-order valence-corrected chi connectivity index (χ0v) is 21.2. The van der Waals surface area contributed by atoms with E-state index in [-0.39, 0.29) is 0 Å². The van der Waals surface area contributed by atoms with Gasteiger partial charge in [-0.2, -0.15) is 15.0 Å². The van der Waals surface area contributed by atoms with Crippen LogP contribution >= 0.6 is 47.8 Å². The van der Waals surface area contributed by atoms with Crippen molar-refractivity contribution in [3.8, 4) is 0 Å². The molecule has 0 atom stereocenters. The third-order valence-electron chi connectivity index (χ3n) is 3.70. The summed E-state index contributed by atoms with van der Waals surface area (Å²) in [5, 5.41) is 0. The smallest absolute Gasteiger partial charge is 0.225 e. The van der Waals surface area contributed by atoms with E-state index >= 15 is 0 Å². The van der Waals surface area contributed by atoms with Gasteiger partial charge >= 0.3 is 0 Å². The van der Waals surface area contributed by atoms with Crippen molar-refractivity contribution in [3.05, 3.63) is 6.33 Å². The van der Waals surface area contributed by atoms with Crippen LogP contribution in [0.25, 0.3) is 0 Å². The summed E-state index contributed by atoms with van der Waals surface area (Å²) in [5.41, 5.74) is 0. The quantitative estimate of drug-likeness (QED) is 0.165. The van der Waals surface area contributed by atoms with Gasteiger partial charge in [0.15, 0.2) is 0 Å². The first-order valence-electron chi connectivity index (χ1n) is 10.6. The first-order chi connectivity index (χ1) is 13.8. The average Bonchev–Trinajstić information content (AvgIpc) is 2.72. The van der Waals surface area contributed by atoms with E-state index < -0.39 is 0 Å². The maximum Gasteiger partial charge on any atom is 0.251 e. The Labute approximate surface area is 189 Å². The number of hydrogen-bond donors (Lipinski definition) is 0. The van der Waals surface area contributed by atoms with Gasteiger partial charge in [0, 0.05) is 23.0 Å². The van der Waals surface area contributed by atoms with E-state index in [0.717, 1.165) is 34.9 Å². The predicted molar refractivity (Wildman–Crippen MR) is 134 cm³/mol. The Kier molecular flexibility index (Phi) is 16.6. The van der Waals surface area contributed by atoms with Gasteiger partial charge in [-0.05, 0) is 73.5 Å². The lowest BCUT2D eigenvalue weighted by atomic mass is 10.4. The second-order valence-corrected chi connectivity index (χ2v) is 10.9. The third kappa shape index (κ3) is 11.3. The highest BCUT2D eigenvalue weighted by atomic mass is 32.2. The topological polar surface area (TPSA) is 45.2 Å². The minimum absolute atomic E-state index is 0.768. The molecule has 5 nitrogen and oxygen atoms in total. The molecule has 0 N–H and O–H groups in total. The predicted octanol–water partition coefficient (Wildman–Crippen LogP) is 7.28. The number of aromatic nitrogens is 3. The van der Waals surface area contributed by atoms with Crippen LogP contribution in [-0.4, -0.2) is 38.0 Å². The standard InChI is InChI=1S/C19H37N5S4/c1-5-9-13-25-23(26-14-10-6-2)18-20-17-21-19(22-18)24(27-15-11-7-3)28-16-12-8-4/h17H,5-16H2,1-4H3. The summed E-state index contributed by atoms with van der Waals surface area (Å²) in [6, 6.07) is 0. The Hall–Kier alpha value is 0.01000. The van der Waals surface area contributed by atoms with Gasteiger partial charge in [-0.3, -0.25) is 0 Å². The molecule has 0 fully saturated rings. The van der Waals surface area contributed by atoms with Gasteiger partial charge in [0.2, 0.25) is 0 Å². The molecular weight excluding hydrogens is 427 g/mol. The van der Waals surface area contributed by atoms with Gasteiger partial charge in [-0.1, -0.05) is 53.4 Å². The highest BCUT2D eigenvalue weighted by Gasteiger charge is 2.17. The normalized spacial score (nSPS) is 11.0. The zero-order chi connectivity index (χ0) is 20.5. The van der Waals surface area contributed by atoms with E-state index in [9.17, 15) is 0 Å². The van der Waals surface area contributed by atoms with E-state index in [1.54, 1.807) is 6.33 Å². The highest BCUT2D eigenvalue weighted by Crippen LogP contribution is 2.33. The summed E-state index contributed by atoms with van der Waals surface area (Å²) in [7, 11) is 0. The summed E-state index contributed by atoms with van der Waals surface area (Å²) in [5.74, 6) is 5.91. The van der Waals surface area contributed by atoms with E-state index in [1.165, 1.54) is 51.4 Å². The Bertz CT molecular complexity index is 436. The lowest BCUT2D eigenvalue weighted by Gasteiger charge is -2.23. The molecule has 0 radical (unpaired) electrons. The first-order valence-corrected chi connectivity index (χ1v) is 14.3. The van der Waals surface area contributed by atoms with Crippen molar-refractivity contribution in [3.63, 3.8) is 0 Å². The lowest BCUT2D eigenvalue weighted by molar-refractivity contribution is 0.892. The van der Waals surface area contributed by atoms with Gasteiger partial charge in [-0.25, -0.2) is 7.42 Å². The third-order valence-corrected chi connectivity index (χ3v) is 8.44. The van der Waals surface area contributed by atoms with Crippen LogP contribution in [0.3, 0.4) is 0 Å². The zero-order valence-electron chi connectivity index (χ0n) is 17.9. The summed E-state index contributed by atoms with van der Waals surface area (Å²) >= 11 is 7.30. The maximum absolute atomic E-state index is 4.83. The number of anilines is 2. The fourth-order valence-corrected chi connectivity index (χ4v) is 6.57. The largest absolute Gasteiger partial charge is 0.251 e. The molecule has 0 spiro atoms. The molecule has 0 aromatic carbocycles. The fourth-order valence-electron chi connectivity index (χ4n) is 1.93. The van der Waals surface area contributed by atoms with Crippen LogP contribution in [0.1, 0.15) is 79.1 Å². The Morgan fingerprint density at radius 2 is 0.929 bits per heavy atom. The molecule has 1 heterocycles. The number of nitrogens with zero attached hydrogens (tertiary/aromatic N) is 5. The Morgan fingerprint density at radius 3 is 1.21 bits per heavy atom. The second-order valence-electron chi connectivity index (χ2n) is 6.35. The Morgan fingerprint density at radius 1 is 0.607 bits per heavy atom. The van der Waals surface area contributed by atoms with Crippen LogP contribution in [-0.2, 0) is 0 Å². The molecule has 0 aliphatic carbocycles. The summed E-state index contributed by atoms with van der Waals surface area (Å²) in [6.07, 6.45) is 11.3. The number of unbranched alkanes of at least 4 members (excludes halogenated alkanes) is 4. The molecule has 0 aliphatic rings. The minimum atomic E-state index is 0.768. The lowest BCUT2D eigenvalue weighted by Crippen LogP contribution is -2.15. The molecule has 0 saturated carbocycles. The van der Waals surface area contributed by atoms with Crippen molar-refractivity contribution in [1.29, 1.82) is 0 Å². The van der Waals surface area contributed by atoms with E-state index in [0.29, 0.717) is 0 Å². The molecule has 0 saturated heterocycles. The molecule has 0 aliphatic heterocycles. The van der Waals surface area contributed by atoms with E-state index in [4.69, 9.17) is 4.98 Å². The van der Waals surface area contributed by atoms with Gasteiger partial charge in [0.05, 0.1) is 0 Å². The molecule has 28 heavy (non-hydrogen) atoms. The van der Waals surface area contributed by atoms with Gasteiger partial charge in [0.1, 0.15) is 6.33 Å². The summed E-state index contributed by atoms with van der Waals surface area (Å²) in [6.45, 7) is 8.92. The molecular formula is C19H37N5S4. The summed E-state index contributed by atoms with van der Waals surface area (Å²) in [4.78, 5) is 13.8. The molecule has 0 unspecified atom stereocenters. The van der Waals surface area contributed by atoms with Gasteiger partial charge in [-0.15, -0.1) is 0 Å². The van der Waals surface area contributed by atoms with Crippen molar-refractivity contribution < 1.29 is 0 Å². The molecule has 1 aromatic heterocycles. The van der Waals surface area contributed by atoms with Crippen LogP contribution in [0, 0.1) is 0 Å². The second kappa shape index (κ2) is 17.8. The van der Waals surface area contributed by atoms with Crippen molar-refractivity contribution in [2.75, 3.05) is 30.4 Å². The first kappa shape index (κ1) is 26.0. The number of rotatable bonds is 18. The van der Waals surface area contributed by atoms with Crippen LogP contribution in [0.2, 0.25) is 0 Å². The van der Waals surface area contributed by atoms with Crippen LogP contribution in [0.5, 0.6) is 0 Å². The van der Waals surface area contributed by atoms with Crippen molar-refractivity contribution >= 4 is 59.7 Å². The molecule has 1 aromatic rings. The Balaban J connectivity index is 2.86. The molecule has 1 rings (SSSR count). The van der Waals surface area contributed by atoms with Crippen molar-refractivity contribution in [2.24, 2.45) is 0 Å². The van der Waals surface area contributed by atoms with Crippen LogP contribution in [0.15, 0.2) is 6.33 Å². The van der Waals surface area contributed by atoms with E-state index in [1.807, 2.05) is 47.8 Å². The fraction of sp³-hybridized carbons (Fsp3) is 0.842. The highest BCUT2D eigenvalue weighted by molar-refractivity contribution is 8.18. The van der Waals surface area contributed by atoms with Crippen molar-refractivity contribution in [2.45, 2.75) is 79.1 Å². The average molecular weight is 464 g/mol. The van der Waals surface area contributed by atoms with Crippen LogP contribution < -0.4 is 7.42 Å². The summed E-state index contributed by atoms with van der Waals surface area (Å²) < 4.78 is 4.39. The molecule has 9 heteroatoms. The van der Waals surface area contributed by atoms with Gasteiger partial charge < -0.3 is 0 Å². The van der Waals surface area contributed by atoms with Crippen molar-refractivity contribution in [1.82, 2.24) is 15.0 Å². The number of hydrogen-bond acceptors (Lipinski definition) is 9. The van der Waals surface area contributed by atoms with Gasteiger partial charge in [0.25, 0.3) is 11.9 Å².